The highest BCUT2D eigenvalue weighted by atomic mass is 16.6. The quantitative estimate of drug-likeness (QED) is 0.0892. The molecule has 0 aromatic heterocycles. The number of anilines is 1. The standard InChI is InChI=1S/C32H27N3O5/c1-2-39-29-21-24(17-19-28(29)40-30(36)20-18-23-11-5-3-6-12-23)22-33-35-32(38)26-15-9-10-16-27(26)34-31(37)25-13-7-4-8-14-25/h3-22H,2H2,1H3,(H,34,37)(H,35,38)/b20-18+,33-22-. The second-order valence-electron chi connectivity index (χ2n) is 8.37. The molecule has 0 bridgehead atoms. The van der Waals surface area contributed by atoms with Crippen molar-refractivity contribution in [2.45, 2.75) is 6.92 Å². The first kappa shape index (κ1) is 27.5. The van der Waals surface area contributed by atoms with Gasteiger partial charge >= 0.3 is 5.97 Å². The molecule has 40 heavy (non-hydrogen) atoms. The SMILES string of the molecule is CCOc1cc(/C=N\NC(=O)c2ccccc2NC(=O)c2ccccc2)ccc1OC(=O)/C=C/c1ccccc1. The molecule has 0 fully saturated rings. The zero-order chi connectivity index (χ0) is 28.2. The average Bonchev–Trinajstić information content (AvgIpc) is 2.98. The number of ether oxygens (including phenoxy) is 2. The molecule has 0 radical (unpaired) electrons. The largest absolute Gasteiger partial charge is 0.490 e. The molecule has 8 nitrogen and oxygen atoms in total. The Morgan fingerprint density at radius 2 is 1.48 bits per heavy atom. The van der Waals surface area contributed by atoms with Gasteiger partial charge in [0.25, 0.3) is 11.8 Å². The third-order valence-corrected chi connectivity index (χ3v) is 5.53. The highest BCUT2D eigenvalue weighted by Crippen LogP contribution is 2.28. The number of hydrogen-bond donors (Lipinski definition) is 2. The summed E-state index contributed by atoms with van der Waals surface area (Å²) >= 11 is 0. The molecule has 0 aliphatic rings. The van der Waals surface area contributed by atoms with Crippen LogP contribution in [-0.4, -0.2) is 30.6 Å². The molecule has 2 N–H and O–H groups in total. The van der Waals surface area contributed by atoms with Gasteiger partial charge in [-0.2, -0.15) is 5.10 Å². The molecule has 2 amide bonds. The Kier molecular flexibility index (Phi) is 9.55. The van der Waals surface area contributed by atoms with E-state index in [4.69, 9.17) is 9.47 Å². The Hall–Kier alpha value is -5.50. The number of nitrogens with zero attached hydrogens (tertiary/aromatic N) is 1. The third-order valence-electron chi connectivity index (χ3n) is 5.53. The van der Waals surface area contributed by atoms with Crippen molar-refractivity contribution in [3.8, 4) is 11.5 Å². The van der Waals surface area contributed by atoms with Crippen LogP contribution in [0.5, 0.6) is 11.5 Å². The number of carbonyl (C=O) groups excluding carboxylic acids is 3. The van der Waals surface area contributed by atoms with Gasteiger partial charge in [-0.15, -0.1) is 0 Å². The zero-order valence-electron chi connectivity index (χ0n) is 21.7. The van der Waals surface area contributed by atoms with Gasteiger partial charge < -0.3 is 14.8 Å². The second-order valence-corrected chi connectivity index (χ2v) is 8.37. The average molecular weight is 534 g/mol. The monoisotopic (exact) mass is 533 g/mol. The Morgan fingerprint density at radius 3 is 2.23 bits per heavy atom. The van der Waals surface area contributed by atoms with E-state index in [0.29, 0.717) is 29.2 Å². The van der Waals surface area contributed by atoms with Gasteiger partial charge in [0.15, 0.2) is 11.5 Å². The van der Waals surface area contributed by atoms with E-state index < -0.39 is 11.9 Å². The Labute approximate surface area is 232 Å². The molecule has 0 spiro atoms. The zero-order valence-corrected chi connectivity index (χ0v) is 21.7. The first-order valence-corrected chi connectivity index (χ1v) is 12.5. The number of para-hydroxylation sites is 1. The Morgan fingerprint density at radius 1 is 0.775 bits per heavy atom. The Bertz CT molecular complexity index is 1530. The summed E-state index contributed by atoms with van der Waals surface area (Å²) in [5, 5.41) is 6.80. The third kappa shape index (κ3) is 7.75. The van der Waals surface area contributed by atoms with E-state index in [1.54, 1.807) is 72.8 Å². The normalized spacial score (nSPS) is 10.8. The van der Waals surface area contributed by atoms with Crippen molar-refractivity contribution in [3.63, 3.8) is 0 Å². The van der Waals surface area contributed by atoms with Crippen molar-refractivity contribution in [2.24, 2.45) is 5.10 Å². The minimum Gasteiger partial charge on any atom is -0.490 e. The molecule has 0 aliphatic heterocycles. The highest BCUT2D eigenvalue weighted by molar-refractivity contribution is 6.09. The van der Waals surface area contributed by atoms with Gasteiger partial charge in [0.2, 0.25) is 0 Å². The predicted molar refractivity (Wildman–Crippen MR) is 155 cm³/mol. The molecule has 4 aromatic rings. The molecule has 4 rings (SSSR count). The fourth-order valence-electron chi connectivity index (χ4n) is 3.63. The van der Waals surface area contributed by atoms with Gasteiger partial charge in [-0.25, -0.2) is 10.2 Å². The van der Waals surface area contributed by atoms with Crippen molar-refractivity contribution in [1.29, 1.82) is 0 Å². The molecule has 0 aliphatic carbocycles. The van der Waals surface area contributed by atoms with Crippen molar-refractivity contribution in [2.75, 3.05) is 11.9 Å². The lowest BCUT2D eigenvalue weighted by atomic mass is 10.1. The number of rotatable bonds is 10. The summed E-state index contributed by atoms with van der Waals surface area (Å²) in [6.07, 6.45) is 4.44. The van der Waals surface area contributed by atoms with E-state index in [1.165, 1.54) is 12.3 Å². The lowest BCUT2D eigenvalue weighted by molar-refractivity contribution is -0.129. The van der Waals surface area contributed by atoms with E-state index in [9.17, 15) is 14.4 Å². The minimum absolute atomic E-state index is 0.254. The van der Waals surface area contributed by atoms with Crippen LogP contribution in [0.4, 0.5) is 5.69 Å². The summed E-state index contributed by atoms with van der Waals surface area (Å²) in [6.45, 7) is 2.17. The van der Waals surface area contributed by atoms with Gasteiger partial charge in [0, 0.05) is 11.6 Å². The summed E-state index contributed by atoms with van der Waals surface area (Å²) < 4.78 is 11.1. The molecule has 8 heteroatoms. The van der Waals surface area contributed by atoms with Crippen LogP contribution in [0.3, 0.4) is 0 Å². The topological polar surface area (TPSA) is 106 Å². The smallest absolute Gasteiger partial charge is 0.336 e. The van der Waals surface area contributed by atoms with Crippen LogP contribution in [0.1, 0.15) is 38.8 Å². The number of esters is 1. The van der Waals surface area contributed by atoms with Crippen LogP contribution in [0, 0.1) is 0 Å². The molecule has 200 valence electrons. The van der Waals surface area contributed by atoms with Crippen molar-refractivity contribution < 1.29 is 23.9 Å². The fraction of sp³-hybridized carbons (Fsp3) is 0.0625. The van der Waals surface area contributed by atoms with E-state index in [1.807, 2.05) is 43.3 Å². The van der Waals surface area contributed by atoms with Gasteiger partial charge in [-0.1, -0.05) is 60.7 Å². The summed E-state index contributed by atoms with van der Waals surface area (Å²) in [7, 11) is 0. The molecule has 0 unspecified atom stereocenters. The molecule has 0 heterocycles. The van der Waals surface area contributed by atoms with E-state index >= 15 is 0 Å². The van der Waals surface area contributed by atoms with E-state index in [-0.39, 0.29) is 17.2 Å². The number of hydrogen-bond acceptors (Lipinski definition) is 6. The first-order chi connectivity index (χ1) is 19.5. The van der Waals surface area contributed by atoms with Gasteiger partial charge in [-0.05, 0) is 66.6 Å². The first-order valence-electron chi connectivity index (χ1n) is 12.5. The molecular weight excluding hydrogens is 506 g/mol. The predicted octanol–water partition coefficient (Wildman–Crippen LogP) is 5.72. The highest BCUT2D eigenvalue weighted by Gasteiger charge is 2.14. The number of carbonyl (C=O) groups is 3. The van der Waals surface area contributed by atoms with Crippen molar-refractivity contribution >= 4 is 35.8 Å². The maximum atomic E-state index is 12.8. The molecule has 4 aromatic carbocycles. The van der Waals surface area contributed by atoms with Gasteiger partial charge in [0.1, 0.15) is 0 Å². The van der Waals surface area contributed by atoms with Crippen LogP contribution in [-0.2, 0) is 4.79 Å². The number of amides is 2. The lowest BCUT2D eigenvalue weighted by Crippen LogP contribution is -2.21. The van der Waals surface area contributed by atoms with E-state index in [2.05, 4.69) is 15.8 Å². The fourth-order valence-corrected chi connectivity index (χ4v) is 3.63. The van der Waals surface area contributed by atoms with Gasteiger partial charge in [0.05, 0.1) is 24.1 Å². The Balaban J connectivity index is 1.40. The van der Waals surface area contributed by atoms with Crippen LogP contribution in [0.2, 0.25) is 0 Å². The van der Waals surface area contributed by atoms with Gasteiger partial charge in [-0.3, -0.25) is 9.59 Å². The molecule has 0 saturated carbocycles. The maximum Gasteiger partial charge on any atom is 0.336 e. The van der Waals surface area contributed by atoms with Crippen LogP contribution in [0.15, 0.2) is 114 Å². The number of nitrogens with one attached hydrogen (secondary N) is 2. The van der Waals surface area contributed by atoms with E-state index in [0.717, 1.165) is 5.56 Å². The van der Waals surface area contributed by atoms with Crippen molar-refractivity contribution in [1.82, 2.24) is 5.43 Å². The summed E-state index contributed by atoms with van der Waals surface area (Å²) in [5.41, 5.74) is 5.04. The molecule has 0 atom stereocenters. The van der Waals surface area contributed by atoms with Crippen LogP contribution in [0.25, 0.3) is 6.08 Å². The molecular formula is C32H27N3O5. The number of hydrazone groups is 1. The summed E-state index contributed by atoms with van der Waals surface area (Å²) in [6, 6.07) is 29.7. The number of benzene rings is 4. The van der Waals surface area contributed by atoms with Crippen LogP contribution < -0.4 is 20.2 Å². The second kappa shape index (κ2) is 13.9. The minimum atomic E-state index is -0.545. The summed E-state index contributed by atoms with van der Waals surface area (Å²) in [4.78, 5) is 37.7. The maximum absolute atomic E-state index is 12.8. The molecule has 0 saturated heterocycles. The summed E-state index contributed by atoms with van der Waals surface area (Å²) in [5.74, 6) is -0.760. The lowest BCUT2D eigenvalue weighted by Gasteiger charge is -2.11. The van der Waals surface area contributed by atoms with Crippen LogP contribution >= 0.6 is 0 Å². The van der Waals surface area contributed by atoms with Crippen molar-refractivity contribution in [3.05, 3.63) is 131 Å².